The Morgan fingerprint density at radius 1 is 1.23 bits per heavy atom. The lowest BCUT2D eigenvalue weighted by molar-refractivity contribution is 0.991. The number of halogens is 1. The smallest absolute Gasteiger partial charge is 0.216 e. The highest BCUT2D eigenvalue weighted by Crippen LogP contribution is 2.15. The van der Waals surface area contributed by atoms with Crippen molar-refractivity contribution in [1.29, 1.82) is 5.26 Å². The molecule has 0 amide bonds. The maximum atomic E-state index is 8.53. The van der Waals surface area contributed by atoms with E-state index in [2.05, 4.69) is 31.1 Å². The number of nitriles is 1. The van der Waals surface area contributed by atoms with Gasteiger partial charge in [-0.1, -0.05) is 15.9 Å². The normalized spacial score (nSPS) is 9.85. The van der Waals surface area contributed by atoms with Gasteiger partial charge in [-0.3, -0.25) is 0 Å². The highest BCUT2D eigenvalue weighted by molar-refractivity contribution is 9.10. The van der Waals surface area contributed by atoms with E-state index in [1.807, 2.05) is 12.1 Å². The zero-order valence-corrected chi connectivity index (χ0v) is 7.98. The van der Waals surface area contributed by atoms with E-state index in [-0.39, 0.29) is 5.82 Å². The van der Waals surface area contributed by atoms with E-state index in [1.165, 1.54) is 0 Å². The zero-order chi connectivity index (χ0) is 9.26. The van der Waals surface area contributed by atoms with Gasteiger partial charge in [0.05, 0.1) is 5.52 Å². The second-order valence-corrected chi connectivity index (χ2v) is 3.30. The highest BCUT2D eigenvalue weighted by Gasteiger charge is 2.00. The molecular weight excluding hydrogens is 232 g/mol. The Morgan fingerprint density at radius 3 is 2.85 bits per heavy atom. The van der Waals surface area contributed by atoms with Gasteiger partial charge in [-0.05, 0) is 18.2 Å². The van der Waals surface area contributed by atoms with Crippen molar-refractivity contribution in [2.75, 3.05) is 0 Å². The SMILES string of the molecule is N#Cc1nnc2cc(Br)ccc2n1. The molecule has 0 atom stereocenters. The van der Waals surface area contributed by atoms with Crippen LogP contribution in [-0.2, 0) is 0 Å². The summed E-state index contributed by atoms with van der Waals surface area (Å²) in [7, 11) is 0. The first-order valence-corrected chi connectivity index (χ1v) is 4.29. The fraction of sp³-hybridized carbons (Fsp3) is 0. The molecule has 0 saturated heterocycles. The standard InChI is InChI=1S/C8H3BrN4/c9-5-1-2-6-7(3-5)12-13-8(4-10)11-6/h1-3H. The summed E-state index contributed by atoms with van der Waals surface area (Å²) in [4.78, 5) is 3.98. The first-order chi connectivity index (χ1) is 6.29. The predicted molar refractivity (Wildman–Crippen MR) is 49.7 cm³/mol. The molecule has 0 unspecified atom stereocenters. The van der Waals surface area contributed by atoms with E-state index in [9.17, 15) is 0 Å². The van der Waals surface area contributed by atoms with Gasteiger partial charge >= 0.3 is 0 Å². The summed E-state index contributed by atoms with van der Waals surface area (Å²) in [5.41, 5.74) is 1.35. The Labute approximate surface area is 82.4 Å². The van der Waals surface area contributed by atoms with E-state index in [1.54, 1.807) is 12.1 Å². The van der Waals surface area contributed by atoms with Crippen molar-refractivity contribution in [3.05, 3.63) is 28.5 Å². The Bertz CT molecular complexity index is 503. The minimum Gasteiger partial charge on any atom is -0.216 e. The Morgan fingerprint density at radius 2 is 2.08 bits per heavy atom. The van der Waals surface area contributed by atoms with E-state index < -0.39 is 0 Å². The van der Waals surface area contributed by atoms with Gasteiger partial charge in [0.2, 0.25) is 0 Å². The summed E-state index contributed by atoms with van der Waals surface area (Å²) in [6, 6.07) is 7.27. The maximum absolute atomic E-state index is 8.53. The quantitative estimate of drug-likeness (QED) is 0.696. The first-order valence-electron chi connectivity index (χ1n) is 3.50. The van der Waals surface area contributed by atoms with Crippen LogP contribution in [0.25, 0.3) is 11.0 Å². The van der Waals surface area contributed by atoms with Crippen molar-refractivity contribution < 1.29 is 0 Å². The van der Waals surface area contributed by atoms with Crippen LogP contribution in [0.15, 0.2) is 22.7 Å². The molecule has 0 spiro atoms. The van der Waals surface area contributed by atoms with E-state index in [0.717, 1.165) is 4.47 Å². The third kappa shape index (κ3) is 1.48. The average molecular weight is 235 g/mol. The van der Waals surface area contributed by atoms with Crippen LogP contribution in [0.5, 0.6) is 0 Å². The summed E-state index contributed by atoms with van der Waals surface area (Å²) >= 11 is 3.31. The van der Waals surface area contributed by atoms with Crippen molar-refractivity contribution >= 4 is 27.0 Å². The van der Waals surface area contributed by atoms with Gasteiger partial charge in [-0.25, -0.2) is 4.98 Å². The molecule has 13 heavy (non-hydrogen) atoms. The number of benzene rings is 1. The number of hydrogen-bond acceptors (Lipinski definition) is 4. The van der Waals surface area contributed by atoms with Gasteiger partial charge in [-0.15, -0.1) is 10.2 Å². The van der Waals surface area contributed by atoms with Crippen LogP contribution >= 0.6 is 15.9 Å². The molecule has 0 N–H and O–H groups in total. The first kappa shape index (κ1) is 8.08. The molecule has 62 valence electrons. The summed E-state index contributed by atoms with van der Waals surface area (Å²) in [5.74, 6) is 0.0924. The fourth-order valence-electron chi connectivity index (χ4n) is 0.956. The van der Waals surface area contributed by atoms with E-state index in [0.29, 0.717) is 11.0 Å². The monoisotopic (exact) mass is 234 g/mol. The molecule has 1 aromatic carbocycles. The van der Waals surface area contributed by atoms with Crippen LogP contribution in [0.2, 0.25) is 0 Å². The Kier molecular flexibility index (Phi) is 1.91. The molecule has 0 aliphatic heterocycles. The molecule has 2 rings (SSSR count). The molecule has 1 aromatic heterocycles. The van der Waals surface area contributed by atoms with Crippen molar-refractivity contribution in [3.8, 4) is 6.07 Å². The van der Waals surface area contributed by atoms with Crippen molar-refractivity contribution in [2.45, 2.75) is 0 Å². The summed E-state index contributed by atoms with van der Waals surface area (Å²) in [5, 5.41) is 16.0. The van der Waals surface area contributed by atoms with Crippen LogP contribution in [0.1, 0.15) is 5.82 Å². The molecule has 0 radical (unpaired) electrons. The number of hydrogen-bond donors (Lipinski definition) is 0. The van der Waals surface area contributed by atoms with Crippen LogP contribution in [-0.4, -0.2) is 15.2 Å². The van der Waals surface area contributed by atoms with Crippen molar-refractivity contribution in [1.82, 2.24) is 15.2 Å². The maximum Gasteiger partial charge on any atom is 0.253 e. The third-order valence-electron chi connectivity index (χ3n) is 1.52. The van der Waals surface area contributed by atoms with Gasteiger partial charge in [-0.2, -0.15) is 5.26 Å². The van der Waals surface area contributed by atoms with E-state index in [4.69, 9.17) is 5.26 Å². The molecule has 0 aliphatic rings. The number of fused-ring (bicyclic) bond motifs is 1. The number of rotatable bonds is 0. The molecule has 0 fully saturated rings. The lowest BCUT2D eigenvalue weighted by atomic mass is 10.3. The van der Waals surface area contributed by atoms with Crippen LogP contribution in [0.4, 0.5) is 0 Å². The molecule has 1 heterocycles. The summed E-state index contributed by atoms with van der Waals surface area (Å²) < 4.78 is 0.917. The second-order valence-electron chi connectivity index (χ2n) is 2.38. The van der Waals surface area contributed by atoms with E-state index >= 15 is 0 Å². The summed E-state index contributed by atoms with van der Waals surface area (Å²) in [6.07, 6.45) is 0. The lowest BCUT2D eigenvalue weighted by Crippen LogP contribution is -1.93. The van der Waals surface area contributed by atoms with Crippen molar-refractivity contribution in [2.24, 2.45) is 0 Å². The topological polar surface area (TPSA) is 62.5 Å². The highest BCUT2D eigenvalue weighted by atomic mass is 79.9. The van der Waals surface area contributed by atoms with Gasteiger partial charge in [0.1, 0.15) is 11.6 Å². The van der Waals surface area contributed by atoms with Gasteiger partial charge < -0.3 is 0 Å². The fourth-order valence-corrected chi connectivity index (χ4v) is 1.31. The Balaban J connectivity index is 2.75. The zero-order valence-electron chi connectivity index (χ0n) is 6.40. The van der Waals surface area contributed by atoms with Crippen LogP contribution < -0.4 is 0 Å². The number of aromatic nitrogens is 3. The molecule has 4 nitrogen and oxygen atoms in total. The molecule has 2 aromatic rings. The molecular formula is C8H3BrN4. The third-order valence-corrected chi connectivity index (χ3v) is 2.01. The largest absolute Gasteiger partial charge is 0.253 e. The minimum absolute atomic E-state index is 0.0924. The summed E-state index contributed by atoms with van der Waals surface area (Å²) in [6.45, 7) is 0. The van der Waals surface area contributed by atoms with Gasteiger partial charge in [0.15, 0.2) is 0 Å². The Hall–Kier alpha value is -1.54. The van der Waals surface area contributed by atoms with Crippen LogP contribution in [0.3, 0.4) is 0 Å². The molecule has 0 saturated carbocycles. The lowest BCUT2D eigenvalue weighted by Gasteiger charge is -1.95. The minimum atomic E-state index is 0.0924. The second kappa shape index (κ2) is 3.07. The van der Waals surface area contributed by atoms with Gasteiger partial charge in [0, 0.05) is 4.47 Å². The van der Waals surface area contributed by atoms with Crippen molar-refractivity contribution in [3.63, 3.8) is 0 Å². The molecule has 0 bridgehead atoms. The number of nitrogens with zero attached hydrogens (tertiary/aromatic N) is 4. The molecule has 0 aliphatic carbocycles. The molecule has 5 heteroatoms. The average Bonchev–Trinajstić information content (AvgIpc) is 2.17. The predicted octanol–water partition coefficient (Wildman–Crippen LogP) is 1.66. The van der Waals surface area contributed by atoms with Crippen LogP contribution in [0, 0.1) is 11.3 Å². The van der Waals surface area contributed by atoms with Gasteiger partial charge in [0.25, 0.3) is 5.82 Å².